The number of benzene rings is 1. The first-order valence-electron chi connectivity index (χ1n) is 8.11. The quantitative estimate of drug-likeness (QED) is 0.773. The Morgan fingerprint density at radius 3 is 2.62 bits per heavy atom. The molecule has 2 rings (SSSR count). The van der Waals surface area contributed by atoms with E-state index in [1.165, 1.54) is 30.1 Å². The second-order valence-corrected chi connectivity index (χ2v) is 6.71. The number of carbonyl (C=O) groups excluding carboxylic acids is 2. The zero-order valence-electron chi connectivity index (χ0n) is 14.9. The van der Waals surface area contributed by atoms with Gasteiger partial charge in [0.25, 0.3) is 5.91 Å². The summed E-state index contributed by atoms with van der Waals surface area (Å²) in [5.41, 5.74) is 2.18. The lowest BCUT2D eigenvalue weighted by Crippen LogP contribution is -2.46. The van der Waals surface area contributed by atoms with Gasteiger partial charge in [-0.3, -0.25) is 9.59 Å². The first-order chi connectivity index (χ1) is 12.3. The lowest BCUT2D eigenvalue weighted by atomic mass is 10.1. The molecule has 2 amide bonds. The van der Waals surface area contributed by atoms with Crippen LogP contribution >= 0.6 is 11.3 Å². The van der Waals surface area contributed by atoms with E-state index in [4.69, 9.17) is 0 Å². The Balaban J connectivity index is 2.23. The van der Waals surface area contributed by atoms with E-state index in [0.29, 0.717) is 5.01 Å². The van der Waals surface area contributed by atoms with Crippen LogP contribution in [0.15, 0.2) is 29.6 Å². The number of carboxylic acids is 1. The number of aromatic nitrogens is 1. The normalized spacial score (nSPS) is 11.7. The van der Waals surface area contributed by atoms with Crippen LogP contribution in [-0.2, 0) is 9.59 Å². The maximum Gasteiger partial charge on any atom is 0.326 e. The van der Waals surface area contributed by atoms with E-state index in [0.717, 1.165) is 11.1 Å². The van der Waals surface area contributed by atoms with Crippen LogP contribution in [0, 0.1) is 6.92 Å². The number of amides is 2. The first kappa shape index (κ1) is 19.6. The third kappa shape index (κ3) is 4.66. The Labute approximate surface area is 155 Å². The molecule has 0 aliphatic rings. The highest BCUT2D eigenvalue weighted by Gasteiger charge is 2.28. The molecule has 0 saturated carbocycles. The number of aryl methyl sites for hydroxylation is 1. The number of hydrogen-bond acceptors (Lipinski definition) is 5. The molecular formula is C18H21N3O4S. The van der Waals surface area contributed by atoms with Crippen LogP contribution in [0.1, 0.15) is 29.9 Å². The number of thiazole rings is 1. The minimum absolute atomic E-state index is 0.0864. The van der Waals surface area contributed by atoms with E-state index >= 15 is 0 Å². The zero-order chi connectivity index (χ0) is 19.3. The summed E-state index contributed by atoms with van der Waals surface area (Å²) in [4.78, 5) is 40.8. The highest BCUT2D eigenvalue weighted by Crippen LogP contribution is 2.27. The minimum Gasteiger partial charge on any atom is -0.480 e. The maximum absolute atomic E-state index is 12.8. The third-order valence-electron chi connectivity index (χ3n) is 3.91. The molecule has 138 valence electrons. The predicted octanol–water partition coefficient (Wildman–Crippen LogP) is 2.17. The van der Waals surface area contributed by atoms with Crippen molar-refractivity contribution < 1.29 is 19.5 Å². The second-order valence-electron chi connectivity index (χ2n) is 5.85. The molecule has 0 saturated heterocycles. The van der Waals surface area contributed by atoms with Gasteiger partial charge in [-0.05, 0) is 19.4 Å². The molecule has 0 bridgehead atoms. The largest absolute Gasteiger partial charge is 0.480 e. The summed E-state index contributed by atoms with van der Waals surface area (Å²) in [5, 5.41) is 14.2. The summed E-state index contributed by atoms with van der Waals surface area (Å²) in [6, 6.07) is 6.69. The molecular weight excluding hydrogens is 354 g/mol. The summed E-state index contributed by atoms with van der Waals surface area (Å²) < 4.78 is 0. The summed E-state index contributed by atoms with van der Waals surface area (Å²) in [6.45, 7) is 5.02. The van der Waals surface area contributed by atoms with E-state index in [1.807, 2.05) is 31.2 Å². The van der Waals surface area contributed by atoms with Crippen LogP contribution in [0.3, 0.4) is 0 Å². The number of nitrogens with one attached hydrogen (secondary N) is 1. The predicted molar refractivity (Wildman–Crippen MR) is 99.1 cm³/mol. The monoisotopic (exact) mass is 375 g/mol. The van der Waals surface area contributed by atoms with Crippen LogP contribution in [0.25, 0.3) is 10.6 Å². The molecule has 7 nitrogen and oxygen atoms in total. The van der Waals surface area contributed by atoms with Gasteiger partial charge in [-0.2, -0.15) is 0 Å². The molecule has 1 unspecified atom stereocenters. The Morgan fingerprint density at radius 1 is 1.31 bits per heavy atom. The van der Waals surface area contributed by atoms with Crippen LogP contribution in [0.2, 0.25) is 0 Å². The fraction of sp³-hybridized carbons (Fsp3) is 0.333. The lowest BCUT2D eigenvalue weighted by Gasteiger charge is -2.25. The van der Waals surface area contributed by atoms with Crippen LogP contribution in [0.4, 0.5) is 0 Å². The first-order valence-corrected chi connectivity index (χ1v) is 8.99. The molecule has 26 heavy (non-hydrogen) atoms. The van der Waals surface area contributed by atoms with Crippen LogP contribution in [-0.4, -0.2) is 51.9 Å². The smallest absolute Gasteiger partial charge is 0.326 e. The molecule has 0 radical (unpaired) electrons. The number of hydrogen-bond donors (Lipinski definition) is 2. The van der Waals surface area contributed by atoms with E-state index in [9.17, 15) is 19.5 Å². The van der Waals surface area contributed by atoms with Gasteiger partial charge in [-0.15, -0.1) is 11.3 Å². The average Bonchev–Trinajstić information content (AvgIpc) is 3.07. The maximum atomic E-state index is 12.8. The second kappa shape index (κ2) is 8.57. The Morgan fingerprint density at radius 2 is 2.00 bits per heavy atom. The van der Waals surface area contributed by atoms with Gasteiger partial charge < -0.3 is 15.3 Å². The van der Waals surface area contributed by atoms with Gasteiger partial charge in [-0.25, -0.2) is 9.78 Å². The van der Waals surface area contributed by atoms with Gasteiger partial charge in [0, 0.05) is 31.0 Å². The fourth-order valence-electron chi connectivity index (χ4n) is 2.41. The molecule has 0 aliphatic carbocycles. The van der Waals surface area contributed by atoms with Crippen molar-refractivity contribution in [2.75, 3.05) is 13.1 Å². The Kier molecular flexibility index (Phi) is 6.46. The van der Waals surface area contributed by atoms with Gasteiger partial charge in [0.05, 0.1) is 0 Å². The summed E-state index contributed by atoms with van der Waals surface area (Å²) in [6.07, 6.45) is 0. The summed E-state index contributed by atoms with van der Waals surface area (Å²) >= 11 is 1.34. The molecule has 1 aromatic carbocycles. The standard InChI is InChI=1S/C18H21N3O4S/c1-11-6-4-5-7-14(11)16-20-15(10-26-16)17(23)21(12(2)18(24)25)9-8-19-13(3)22/h4-7,10,12H,8-9H2,1-3H3,(H,19,22)(H,24,25). The molecule has 0 aliphatic heterocycles. The average molecular weight is 375 g/mol. The molecule has 1 atom stereocenters. The van der Waals surface area contributed by atoms with Gasteiger partial charge in [-0.1, -0.05) is 24.3 Å². The van der Waals surface area contributed by atoms with Crippen molar-refractivity contribution in [3.63, 3.8) is 0 Å². The van der Waals surface area contributed by atoms with Crippen molar-refractivity contribution in [2.45, 2.75) is 26.8 Å². The number of carboxylic acid groups (broad SMARTS) is 1. The molecule has 1 aromatic heterocycles. The summed E-state index contributed by atoms with van der Waals surface area (Å²) in [5.74, 6) is -1.83. The van der Waals surface area contributed by atoms with Gasteiger partial charge >= 0.3 is 5.97 Å². The third-order valence-corrected chi connectivity index (χ3v) is 4.79. The van der Waals surface area contributed by atoms with Crippen molar-refractivity contribution >= 4 is 29.1 Å². The van der Waals surface area contributed by atoms with Gasteiger partial charge in [0.2, 0.25) is 5.91 Å². The highest BCUT2D eigenvalue weighted by atomic mass is 32.1. The van der Waals surface area contributed by atoms with E-state index in [1.54, 1.807) is 5.38 Å². The Bertz CT molecular complexity index is 818. The van der Waals surface area contributed by atoms with E-state index in [2.05, 4.69) is 10.3 Å². The van der Waals surface area contributed by atoms with Gasteiger partial charge in [0.1, 0.15) is 16.7 Å². The molecule has 1 heterocycles. The molecule has 2 aromatic rings. The molecule has 2 N–H and O–H groups in total. The van der Waals surface area contributed by atoms with Crippen molar-refractivity contribution in [3.05, 3.63) is 40.9 Å². The summed E-state index contributed by atoms with van der Waals surface area (Å²) in [7, 11) is 0. The number of rotatable bonds is 7. The van der Waals surface area contributed by atoms with E-state index in [-0.39, 0.29) is 24.7 Å². The molecule has 8 heteroatoms. The Hall–Kier alpha value is -2.74. The van der Waals surface area contributed by atoms with Crippen molar-refractivity contribution in [3.8, 4) is 10.6 Å². The molecule has 0 spiro atoms. The van der Waals surface area contributed by atoms with Crippen LogP contribution in [0.5, 0.6) is 0 Å². The SMILES string of the molecule is CC(=O)NCCN(C(=O)c1csc(-c2ccccc2C)n1)C(C)C(=O)O. The fourth-order valence-corrected chi connectivity index (χ4v) is 3.30. The van der Waals surface area contributed by atoms with Crippen molar-refractivity contribution in [1.82, 2.24) is 15.2 Å². The van der Waals surface area contributed by atoms with Crippen molar-refractivity contribution in [2.24, 2.45) is 0 Å². The van der Waals surface area contributed by atoms with E-state index < -0.39 is 17.9 Å². The number of carbonyl (C=O) groups is 3. The number of nitrogens with zero attached hydrogens (tertiary/aromatic N) is 2. The van der Waals surface area contributed by atoms with Crippen molar-refractivity contribution in [1.29, 1.82) is 0 Å². The molecule has 0 fully saturated rings. The lowest BCUT2D eigenvalue weighted by molar-refractivity contribution is -0.141. The topological polar surface area (TPSA) is 99.6 Å². The van der Waals surface area contributed by atoms with Gasteiger partial charge in [0.15, 0.2) is 0 Å². The highest BCUT2D eigenvalue weighted by molar-refractivity contribution is 7.13. The van der Waals surface area contributed by atoms with Crippen LogP contribution < -0.4 is 5.32 Å². The minimum atomic E-state index is -1.12. The zero-order valence-corrected chi connectivity index (χ0v) is 15.7. The number of aliphatic carboxylic acids is 1.